The van der Waals surface area contributed by atoms with E-state index in [-0.39, 0.29) is 11.7 Å². The molecule has 0 saturated heterocycles. The molecule has 0 bridgehead atoms. The summed E-state index contributed by atoms with van der Waals surface area (Å²) in [5.41, 5.74) is 1.99. The van der Waals surface area contributed by atoms with Crippen LogP contribution in [0.1, 0.15) is 68.3 Å². The maximum Gasteiger partial charge on any atom is 0.236 e. The summed E-state index contributed by atoms with van der Waals surface area (Å²) in [6.07, 6.45) is 10.3. The molecule has 0 unspecified atom stereocenters. The summed E-state index contributed by atoms with van der Waals surface area (Å²) < 4.78 is 3.96. The molecule has 1 aromatic carbocycles. The number of para-hydroxylation sites is 1. The second kappa shape index (κ2) is 9.95. The Hall–Kier alpha value is -2.87. The first-order chi connectivity index (χ1) is 16.2. The molecule has 5 rings (SSSR count). The standard InChI is InChI=1S/C25H30N6OS/c1-2-15-30-24(19-9-5-3-6-10-19)27-28-25(30)33-17-23(32)26-22-16-21(18-13-14-18)29-31(22)20-11-7-4-8-12-20/h2,4,7-8,11-12,16,18-19H,1,3,5-6,9-10,13-15,17H2,(H,26,32). The van der Waals surface area contributed by atoms with Crippen molar-refractivity contribution in [3.8, 4) is 5.69 Å². The number of hydrogen-bond donors (Lipinski definition) is 1. The average molecular weight is 463 g/mol. The Kier molecular flexibility index (Phi) is 6.62. The number of rotatable bonds is 9. The number of thioether (sulfide) groups is 1. The van der Waals surface area contributed by atoms with E-state index >= 15 is 0 Å². The van der Waals surface area contributed by atoms with Crippen molar-refractivity contribution in [1.29, 1.82) is 0 Å². The summed E-state index contributed by atoms with van der Waals surface area (Å²) in [5, 5.41) is 17.5. The number of hydrogen-bond acceptors (Lipinski definition) is 5. The van der Waals surface area contributed by atoms with Gasteiger partial charge in [-0.25, -0.2) is 4.68 Å². The SMILES string of the molecule is C=CCn1c(SCC(=O)Nc2cc(C3CC3)nn2-c2ccccc2)nnc1C1CCCCC1. The van der Waals surface area contributed by atoms with E-state index in [0.29, 0.717) is 24.2 Å². The molecule has 2 aliphatic carbocycles. The van der Waals surface area contributed by atoms with E-state index in [9.17, 15) is 4.79 Å². The lowest BCUT2D eigenvalue weighted by Crippen LogP contribution is -2.17. The minimum absolute atomic E-state index is 0.0770. The van der Waals surface area contributed by atoms with Gasteiger partial charge in [-0.15, -0.1) is 16.8 Å². The number of anilines is 1. The van der Waals surface area contributed by atoms with Gasteiger partial charge < -0.3 is 9.88 Å². The second-order valence-corrected chi connectivity index (χ2v) is 9.83. The van der Waals surface area contributed by atoms with Crippen LogP contribution in [-0.4, -0.2) is 36.2 Å². The summed E-state index contributed by atoms with van der Waals surface area (Å²) in [6, 6.07) is 11.9. The van der Waals surface area contributed by atoms with Gasteiger partial charge in [0.05, 0.1) is 17.1 Å². The van der Waals surface area contributed by atoms with Crippen LogP contribution in [0.4, 0.5) is 5.82 Å². The molecule has 1 amide bonds. The smallest absolute Gasteiger partial charge is 0.236 e. The molecule has 2 aliphatic rings. The highest BCUT2D eigenvalue weighted by atomic mass is 32.2. The van der Waals surface area contributed by atoms with Gasteiger partial charge in [0.15, 0.2) is 5.16 Å². The molecule has 33 heavy (non-hydrogen) atoms. The molecule has 2 fully saturated rings. The van der Waals surface area contributed by atoms with Crippen LogP contribution in [0.3, 0.4) is 0 Å². The van der Waals surface area contributed by atoms with Crippen molar-refractivity contribution >= 4 is 23.5 Å². The van der Waals surface area contributed by atoms with E-state index in [1.807, 2.05) is 47.2 Å². The van der Waals surface area contributed by atoms with E-state index in [4.69, 9.17) is 5.10 Å². The van der Waals surface area contributed by atoms with Crippen molar-refractivity contribution in [2.24, 2.45) is 0 Å². The molecular formula is C25H30N6OS. The fourth-order valence-electron chi connectivity index (χ4n) is 4.51. The molecule has 0 radical (unpaired) electrons. The summed E-state index contributed by atoms with van der Waals surface area (Å²) in [7, 11) is 0. The minimum Gasteiger partial charge on any atom is -0.310 e. The van der Waals surface area contributed by atoms with Gasteiger partial charge in [-0.2, -0.15) is 5.10 Å². The molecule has 0 atom stereocenters. The number of nitrogens with zero attached hydrogens (tertiary/aromatic N) is 5. The highest BCUT2D eigenvalue weighted by molar-refractivity contribution is 7.99. The lowest BCUT2D eigenvalue weighted by Gasteiger charge is -2.21. The third kappa shape index (κ3) is 5.05. The number of nitrogens with one attached hydrogen (secondary N) is 1. The van der Waals surface area contributed by atoms with Crippen molar-refractivity contribution in [2.45, 2.75) is 68.5 Å². The molecule has 2 aromatic heterocycles. The normalized spacial score (nSPS) is 16.6. The lowest BCUT2D eigenvalue weighted by atomic mass is 9.89. The summed E-state index contributed by atoms with van der Waals surface area (Å²) >= 11 is 1.43. The molecule has 1 N–H and O–H groups in total. The Labute approximate surface area is 198 Å². The maximum atomic E-state index is 12.9. The predicted octanol–water partition coefficient (Wildman–Crippen LogP) is 5.31. The van der Waals surface area contributed by atoms with Gasteiger partial charge in [0.2, 0.25) is 5.91 Å². The van der Waals surface area contributed by atoms with Gasteiger partial charge in [0, 0.05) is 24.4 Å². The first-order valence-corrected chi connectivity index (χ1v) is 12.8. The Morgan fingerprint density at radius 2 is 1.88 bits per heavy atom. The minimum atomic E-state index is -0.0770. The first kappa shape index (κ1) is 21.9. The summed E-state index contributed by atoms with van der Waals surface area (Å²) in [6.45, 7) is 4.56. The molecule has 2 heterocycles. The fourth-order valence-corrected chi connectivity index (χ4v) is 5.27. The third-order valence-corrected chi connectivity index (χ3v) is 7.32. The van der Waals surface area contributed by atoms with Crippen LogP contribution in [-0.2, 0) is 11.3 Å². The predicted molar refractivity (Wildman–Crippen MR) is 131 cm³/mol. The van der Waals surface area contributed by atoms with E-state index in [0.717, 1.165) is 48.0 Å². The van der Waals surface area contributed by atoms with Crippen LogP contribution in [0.2, 0.25) is 0 Å². The fraction of sp³-hybridized carbons (Fsp3) is 0.440. The van der Waals surface area contributed by atoms with E-state index < -0.39 is 0 Å². The first-order valence-electron chi connectivity index (χ1n) is 11.8. The van der Waals surface area contributed by atoms with Crippen molar-refractivity contribution in [2.75, 3.05) is 11.1 Å². The summed E-state index contributed by atoms with van der Waals surface area (Å²) in [5.74, 6) is 2.90. The number of allylic oxidation sites excluding steroid dienone is 1. The van der Waals surface area contributed by atoms with Gasteiger partial charge in [-0.1, -0.05) is 55.3 Å². The van der Waals surface area contributed by atoms with E-state index in [1.165, 1.54) is 31.0 Å². The molecule has 172 valence electrons. The van der Waals surface area contributed by atoms with Crippen LogP contribution in [0.15, 0.2) is 54.2 Å². The number of carbonyl (C=O) groups excluding carboxylic acids is 1. The Morgan fingerprint density at radius 1 is 1.09 bits per heavy atom. The van der Waals surface area contributed by atoms with Crippen molar-refractivity contribution in [3.05, 3.63) is 60.6 Å². The lowest BCUT2D eigenvalue weighted by molar-refractivity contribution is -0.113. The van der Waals surface area contributed by atoms with Crippen LogP contribution in [0.25, 0.3) is 5.69 Å². The van der Waals surface area contributed by atoms with Gasteiger partial charge in [0.1, 0.15) is 11.6 Å². The number of benzene rings is 1. The van der Waals surface area contributed by atoms with Crippen LogP contribution >= 0.6 is 11.8 Å². The van der Waals surface area contributed by atoms with Crippen molar-refractivity contribution in [1.82, 2.24) is 24.5 Å². The number of amides is 1. The highest BCUT2D eigenvalue weighted by Gasteiger charge is 2.28. The molecule has 7 nitrogen and oxygen atoms in total. The monoisotopic (exact) mass is 462 g/mol. The largest absolute Gasteiger partial charge is 0.310 e. The van der Waals surface area contributed by atoms with Crippen LogP contribution < -0.4 is 5.32 Å². The number of aromatic nitrogens is 5. The Bertz CT molecular complexity index is 1110. The topological polar surface area (TPSA) is 77.6 Å². The van der Waals surface area contributed by atoms with Gasteiger partial charge in [-0.05, 0) is 37.8 Å². The Balaban J connectivity index is 1.28. The van der Waals surface area contributed by atoms with Crippen LogP contribution in [0.5, 0.6) is 0 Å². The maximum absolute atomic E-state index is 12.9. The zero-order chi connectivity index (χ0) is 22.6. The third-order valence-electron chi connectivity index (χ3n) is 6.35. The van der Waals surface area contributed by atoms with Crippen molar-refractivity contribution in [3.63, 3.8) is 0 Å². The van der Waals surface area contributed by atoms with Crippen LogP contribution in [0, 0.1) is 0 Å². The Morgan fingerprint density at radius 3 is 2.61 bits per heavy atom. The molecule has 3 aromatic rings. The van der Waals surface area contributed by atoms with Gasteiger partial charge in [-0.3, -0.25) is 4.79 Å². The van der Waals surface area contributed by atoms with Gasteiger partial charge >= 0.3 is 0 Å². The zero-order valence-corrected chi connectivity index (χ0v) is 19.6. The molecule has 0 aliphatic heterocycles. The summed E-state index contributed by atoms with van der Waals surface area (Å²) in [4.78, 5) is 12.9. The highest BCUT2D eigenvalue weighted by Crippen LogP contribution is 2.40. The molecule has 2 saturated carbocycles. The molecule has 8 heteroatoms. The van der Waals surface area contributed by atoms with E-state index in [1.54, 1.807) is 0 Å². The average Bonchev–Trinajstić information content (AvgIpc) is 3.50. The van der Waals surface area contributed by atoms with Gasteiger partial charge in [0.25, 0.3) is 0 Å². The number of carbonyl (C=O) groups is 1. The van der Waals surface area contributed by atoms with E-state index in [2.05, 4.69) is 26.7 Å². The molecule has 0 spiro atoms. The molecular weight excluding hydrogens is 432 g/mol. The quantitative estimate of drug-likeness (QED) is 0.345. The second-order valence-electron chi connectivity index (χ2n) is 8.89. The zero-order valence-electron chi connectivity index (χ0n) is 18.8. The van der Waals surface area contributed by atoms with Crippen molar-refractivity contribution < 1.29 is 4.79 Å².